The zero-order chi connectivity index (χ0) is 20.5. The van der Waals surface area contributed by atoms with Gasteiger partial charge in [-0.2, -0.15) is 0 Å². The zero-order valence-electron chi connectivity index (χ0n) is 16.3. The molecule has 0 radical (unpaired) electrons. The second kappa shape index (κ2) is 7.96. The maximum absolute atomic E-state index is 14.2. The summed E-state index contributed by atoms with van der Waals surface area (Å²) in [4.78, 5) is 26.1. The van der Waals surface area contributed by atoms with Crippen LogP contribution in [-0.4, -0.2) is 57.4 Å². The van der Waals surface area contributed by atoms with Crippen molar-refractivity contribution in [2.75, 3.05) is 37.6 Å². The van der Waals surface area contributed by atoms with E-state index in [1.165, 1.54) is 24.3 Å². The highest BCUT2D eigenvalue weighted by atomic mass is 35.5. The molecule has 0 bridgehead atoms. The molecule has 7 nitrogen and oxygen atoms in total. The van der Waals surface area contributed by atoms with Crippen LogP contribution in [0.1, 0.15) is 12.6 Å². The molecule has 0 atom stereocenters. The fourth-order valence-corrected chi connectivity index (χ4v) is 3.67. The van der Waals surface area contributed by atoms with Crippen molar-refractivity contribution in [3.8, 4) is 16.9 Å². The molecular weight excluding hydrogens is 395 g/mol. The van der Waals surface area contributed by atoms with Crippen LogP contribution in [0.3, 0.4) is 0 Å². The number of H-pyrrole nitrogens is 1. The Kier molecular flexibility index (Phi) is 5.38. The topological polar surface area (TPSA) is 70.0 Å². The third-order valence-corrected chi connectivity index (χ3v) is 5.47. The molecule has 0 unspecified atom stereocenters. The third-order valence-electron chi connectivity index (χ3n) is 5.23. The summed E-state index contributed by atoms with van der Waals surface area (Å²) in [6, 6.07) is 5.58. The van der Waals surface area contributed by atoms with Crippen molar-refractivity contribution < 1.29 is 4.39 Å². The first-order chi connectivity index (χ1) is 14.0. The van der Waals surface area contributed by atoms with Gasteiger partial charge in [0, 0.05) is 49.0 Å². The van der Waals surface area contributed by atoms with E-state index in [9.17, 15) is 9.18 Å². The summed E-state index contributed by atoms with van der Waals surface area (Å²) in [6.45, 7) is 8.83. The minimum absolute atomic E-state index is 0.106. The summed E-state index contributed by atoms with van der Waals surface area (Å²) in [6.07, 6.45) is 1.71. The number of hydrogen-bond acceptors (Lipinski definition) is 5. The Morgan fingerprint density at radius 3 is 2.62 bits per heavy atom. The molecule has 3 aromatic rings. The number of likely N-dealkylation sites (N-methyl/N-ethyl adjacent to an activating group) is 1. The predicted molar refractivity (Wildman–Crippen MR) is 111 cm³/mol. The molecule has 3 heterocycles. The first-order valence-corrected chi connectivity index (χ1v) is 9.93. The minimum Gasteiger partial charge on any atom is -0.338 e. The van der Waals surface area contributed by atoms with E-state index in [-0.39, 0.29) is 16.3 Å². The van der Waals surface area contributed by atoms with Gasteiger partial charge in [-0.1, -0.05) is 18.5 Å². The Bertz CT molecular complexity index is 1090. The molecule has 1 saturated heterocycles. The maximum Gasteiger partial charge on any atom is 0.271 e. The lowest BCUT2D eigenvalue weighted by atomic mass is 10.2. The van der Waals surface area contributed by atoms with Crippen LogP contribution in [-0.2, 0) is 0 Å². The van der Waals surface area contributed by atoms with Crippen molar-refractivity contribution in [2.45, 2.75) is 13.8 Å². The number of piperazine rings is 1. The smallest absolute Gasteiger partial charge is 0.271 e. The van der Waals surface area contributed by atoms with E-state index in [1.54, 1.807) is 6.20 Å². The quantitative estimate of drug-likeness (QED) is 0.708. The Balaban J connectivity index is 1.62. The lowest BCUT2D eigenvalue weighted by Crippen LogP contribution is -2.46. The van der Waals surface area contributed by atoms with Gasteiger partial charge >= 0.3 is 0 Å². The van der Waals surface area contributed by atoms with E-state index >= 15 is 0 Å². The number of nitrogens with one attached hydrogen (secondary N) is 1. The number of anilines is 1. The molecule has 1 N–H and O–H groups in total. The molecule has 0 spiro atoms. The Hall–Kier alpha value is -2.71. The SMILES string of the molecule is CCN1CCN(c2ncc(-c3cc(=O)n(-c4ccc(Cl)cc4F)[nH]3)c(C)n2)CC1. The molecule has 1 fully saturated rings. The van der Waals surface area contributed by atoms with Crippen molar-refractivity contribution in [3.63, 3.8) is 0 Å². The van der Waals surface area contributed by atoms with Crippen LogP contribution in [0.15, 0.2) is 35.3 Å². The van der Waals surface area contributed by atoms with Crippen LogP contribution in [0, 0.1) is 12.7 Å². The van der Waals surface area contributed by atoms with Crippen LogP contribution < -0.4 is 10.5 Å². The lowest BCUT2D eigenvalue weighted by Gasteiger charge is -2.34. The van der Waals surface area contributed by atoms with Gasteiger partial charge in [0.15, 0.2) is 0 Å². The summed E-state index contributed by atoms with van der Waals surface area (Å²) < 4.78 is 15.4. The minimum atomic E-state index is -0.581. The summed E-state index contributed by atoms with van der Waals surface area (Å²) >= 11 is 5.80. The van der Waals surface area contributed by atoms with E-state index in [4.69, 9.17) is 11.6 Å². The molecule has 2 aromatic heterocycles. The maximum atomic E-state index is 14.2. The van der Waals surface area contributed by atoms with Crippen molar-refractivity contribution in [3.05, 3.63) is 57.3 Å². The first kappa shape index (κ1) is 19.6. The van der Waals surface area contributed by atoms with Crippen molar-refractivity contribution in [2.24, 2.45) is 0 Å². The van der Waals surface area contributed by atoms with Crippen LogP contribution in [0.5, 0.6) is 0 Å². The molecule has 0 amide bonds. The highest BCUT2D eigenvalue weighted by molar-refractivity contribution is 6.30. The predicted octanol–water partition coefficient (Wildman–Crippen LogP) is 2.87. The second-order valence-corrected chi connectivity index (χ2v) is 7.47. The van der Waals surface area contributed by atoms with E-state index in [0.29, 0.717) is 17.2 Å². The normalized spacial score (nSPS) is 15.1. The number of rotatable bonds is 4. The molecule has 152 valence electrons. The zero-order valence-corrected chi connectivity index (χ0v) is 17.1. The molecule has 29 heavy (non-hydrogen) atoms. The number of halogens is 2. The van der Waals surface area contributed by atoms with E-state index < -0.39 is 5.82 Å². The first-order valence-electron chi connectivity index (χ1n) is 9.55. The number of aromatic amines is 1. The Labute approximate surface area is 172 Å². The number of benzene rings is 1. The van der Waals surface area contributed by atoms with E-state index in [0.717, 1.165) is 43.1 Å². The molecular formula is C20H22ClFN6O. The molecule has 9 heteroatoms. The van der Waals surface area contributed by atoms with Gasteiger partial charge in [-0.3, -0.25) is 9.89 Å². The molecule has 1 aliphatic heterocycles. The molecule has 1 aromatic carbocycles. The van der Waals surface area contributed by atoms with Crippen LogP contribution >= 0.6 is 11.6 Å². The average Bonchev–Trinajstić information content (AvgIpc) is 3.09. The summed E-state index contributed by atoms with van der Waals surface area (Å²) in [5, 5.41) is 3.22. The Morgan fingerprint density at radius 2 is 1.97 bits per heavy atom. The highest BCUT2D eigenvalue weighted by Gasteiger charge is 2.19. The van der Waals surface area contributed by atoms with Gasteiger partial charge in [-0.15, -0.1) is 0 Å². The van der Waals surface area contributed by atoms with Gasteiger partial charge in [0.2, 0.25) is 5.95 Å². The fraction of sp³-hybridized carbons (Fsp3) is 0.350. The second-order valence-electron chi connectivity index (χ2n) is 7.03. The molecule has 4 rings (SSSR count). The van der Waals surface area contributed by atoms with E-state index in [1.807, 2.05) is 6.92 Å². The third kappa shape index (κ3) is 3.90. The lowest BCUT2D eigenvalue weighted by molar-refractivity contribution is 0.270. The number of hydrogen-bond donors (Lipinski definition) is 1. The largest absolute Gasteiger partial charge is 0.338 e. The standard InChI is InChI=1S/C20H22ClFN6O/c1-3-26-6-8-27(9-7-26)20-23-12-15(13(2)24-20)17-11-19(29)28(25-17)18-5-4-14(21)10-16(18)22/h4-5,10-12,25H,3,6-9H2,1-2H3. The number of nitrogens with zero attached hydrogens (tertiary/aromatic N) is 5. The molecule has 1 aliphatic rings. The van der Waals surface area contributed by atoms with Gasteiger partial charge in [-0.05, 0) is 31.7 Å². The van der Waals surface area contributed by atoms with Gasteiger partial charge in [-0.25, -0.2) is 19.0 Å². The van der Waals surface area contributed by atoms with Crippen LogP contribution in [0.2, 0.25) is 5.02 Å². The van der Waals surface area contributed by atoms with Gasteiger partial charge in [0.1, 0.15) is 11.5 Å². The summed E-state index contributed by atoms with van der Waals surface area (Å²) in [7, 11) is 0. The molecule has 0 aliphatic carbocycles. The summed E-state index contributed by atoms with van der Waals surface area (Å²) in [5.41, 5.74) is 1.71. The highest BCUT2D eigenvalue weighted by Crippen LogP contribution is 2.23. The van der Waals surface area contributed by atoms with Crippen LogP contribution in [0.25, 0.3) is 16.9 Å². The summed E-state index contributed by atoms with van der Waals surface area (Å²) in [5.74, 6) is 0.107. The Morgan fingerprint density at radius 1 is 1.21 bits per heavy atom. The fourth-order valence-electron chi connectivity index (χ4n) is 3.51. The molecule has 0 saturated carbocycles. The van der Waals surface area contributed by atoms with Crippen molar-refractivity contribution in [1.82, 2.24) is 24.6 Å². The number of aryl methyl sites for hydroxylation is 1. The van der Waals surface area contributed by atoms with Crippen LogP contribution in [0.4, 0.5) is 10.3 Å². The van der Waals surface area contributed by atoms with Gasteiger partial charge < -0.3 is 9.80 Å². The van der Waals surface area contributed by atoms with Gasteiger partial charge in [0.05, 0.1) is 11.4 Å². The van der Waals surface area contributed by atoms with Gasteiger partial charge in [0.25, 0.3) is 5.56 Å². The van der Waals surface area contributed by atoms with Crippen molar-refractivity contribution >= 4 is 17.5 Å². The monoisotopic (exact) mass is 416 g/mol. The number of aromatic nitrogens is 4. The van der Waals surface area contributed by atoms with Crippen molar-refractivity contribution in [1.29, 1.82) is 0 Å². The van der Waals surface area contributed by atoms with E-state index in [2.05, 4.69) is 31.8 Å². The average molecular weight is 417 g/mol.